The molecule has 1 heterocycles. The lowest BCUT2D eigenvalue weighted by atomic mass is 10.1. The predicted octanol–water partition coefficient (Wildman–Crippen LogP) is 3.53. The molecule has 0 aliphatic rings. The van der Waals surface area contributed by atoms with Crippen LogP contribution in [0.3, 0.4) is 0 Å². The van der Waals surface area contributed by atoms with Gasteiger partial charge in [-0.15, -0.1) is 0 Å². The third-order valence-electron chi connectivity index (χ3n) is 3.58. The molecule has 0 radical (unpaired) electrons. The van der Waals surface area contributed by atoms with E-state index in [0.29, 0.717) is 18.1 Å². The van der Waals surface area contributed by atoms with E-state index in [1.165, 1.54) is 11.8 Å². The van der Waals surface area contributed by atoms with Gasteiger partial charge in [-0.25, -0.2) is 4.98 Å². The third-order valence-corrected chi connectivity index (χ3v) is 4.61. The first kappa shape index (κ1) is 18.5. The second-order valence-corrected chi connectivity index (χ2v) is 6.72. The number of amides is 1. The summed E-state index contributed by atoms with van der Waals surface area (Å²) in [5.41, 5.74) is 7.58. The number of unbranched alkanes of at least 4 members (excludes halogenated alkanes) is 1. The molecule has 24 heavy (non-hydrogen) atoms. The Bertz CT molecular complexity index is 616. The second kappa shape index (κ2) is 10.2. The average molecular weight is 347 g/mol. The lowest BCUT2D eigenvalue weighted by Crippen LogP contribution is -2.26. The van der Waals surface area contributed by atoms with Crippen LogP contribution >= 0.6 is 11.8 Å². The molecule has 1 aromatic carbocycles. The first-order valence-corrected chi connectivity index (χ1v) is 9.47. The Morgan fingerprint density at radius 2 is 2.17 bits per heavy atom. The van der Waals surface area contributed by atoms with Gasteiger partial charge in [-0.1, -0.05) is 50.1 Å². The SMILES string of the molecule is CCCCC(N)c1nc(C(=O)NCCSCc2ccccc2)co1. The summed E-state index contributed by atoms with van der Waals surface area (Å²) >= 11 is 1.78. The summed E-state index contributed by atoms with van der Waals surface area (Å²) in [7, 11) is 0. The Morgan fingerprint density at radius 1 is 1.38 bits per heavy atom. The van der Waals surface area contributed by atoms with Gasteiger partial charge in [0.25, 0.3) is 5.91 Å². The highest BCUT2D eigenvalue weighted by molar-refractivity contribution is 7.98. The number of oxazole rings is 1. The number of nitrogens with zero attached hydrogens (tertiary/aromatic N) is 1. The van der Waals surface area contributed by atoms with Gasteiger partial charge in [0.1, 0.15) is 6.26 Å². The molecule has 0 saturated carbocycles. The van der Waals surface area contributed by atoms with Crippen LogP contribution < -0.4 is 11.1 Å². The van der Waals surface area contributed by atoms with Crippen molar-refractivity contribution in [1.29, 1.82) is 0 Å². The van der Waals surface area contributed by atoms with Crippen LogP contribution in [0.2, 0.25) is 0 Å². The topological polar surface area (TPSA) is 81.1 Å². The van der Waals surface area contributed by atoms with Gasteiger partial charge in [-0.05, 0) is 12.0 Å². The van der Waals surface area contributed by atoms with Crippen LogP contribution in [0.5, 0.6) is 0 Å². The number of rotatable bonds is 10. The fraction of sp³-hybridized carbons (Fsp3) is 0.444. The summed E-state index contributed by atoms with van der Waals surface area (Å²) in [6.45, 7) is 2.71. The minimum Gasteiger partial charge on any atom is -0.446 e. The van der Waals surface area contributed by atoms with Crippen molar-refractivity contribution in [2.24, 2.45) is 5.73 Å². The maximum absolute atomic E-state index is 12.0. The molecule has 2 aromatic rings. The fourth-order valence-electron chi connectivity index (χ4n) is 2.20. The molecule has 1 unspecified atom stereocenters. The molecule has 0 bridgehead atoms. The van der Waals surface area contributed by atoms with Crippen molar-refractivity contribution in [1.82, 2.24) is 10.3 Å². The minimum atomic E-state index is -0.243. The van der Waals surface area contributed by atoms with E-state index in [2.05, 4.69) is 29.4 Å². The van der Waals surface area contributed by atoms with Crippen molar-refractivity contribution >= 4 is 17.7 Å². The van der Waals surface area contributed by atoms with Crippen LogP contribution in [0.1, 0.15) is 54.2 Å². The first-order valence-electron chi connectivity index (χ1n) is 8.31. The van der Waals surface area contributed by atoms with Crippen molar-refractivity contribution in [3.8, 4) is 0 Å². The Kier molecular flexibility index (Phi) is 7.85. The number of nitrogens with two attached hydrogens (primary N) is 1. The maximum Gasteiger partial charge on any atom is 0.273 e. The number of benzene rings is 1. The van der Waals surface area contributed by atoms with Gasteiger partial charge in [0.15, 0.2) is 5.69 Å². The van der Waals surface area contributed by atoms with Crippen LogP contribution in [-0.4, -0.2) is 23.2 Å². The Morgan fingerprint density at radius 3 is 2.92 bits per heavy atom. The number of hydrogen-bond donors (Lipinski definition) is 2. The van der Waals surface area contributed by atoms with Gasteiger partial charge in [0.2, 0.25) is 5.89 Å². The highest BCUT2D eigenvalue weighted by Crippen LogP contribution is 2.16. The number of aromatic nitrogens is 1. The summed E-state index contributed by atoms with van der Waals surface area (Å²) in [5, 5.41) is 2.86. The monoisotopic (exact) mass is 347 g/mol. The summed E-state index contributed by atoms with van der Waals surface area (Å²) in [4.78, 5) is 16.2. The molecule has 6 heteroatoms. The second-order valence-electron chi connectivity index (χ2n) is 5.61. The number of thioether (sulfide) groups is 1. The largest absolute Gasteiger partial charge is 0.446 e. The normalized spacial score (nSPS) is 12.1. The molecule has 0 spiro atoms. The molecule has 3 N–H and O–H groups in total. The molecule has 0 fully saturated rings. The van der Waals surface area contributed by atoms with Gasteiger partial charge >= 0.3 is 0 Å². The maximum atomic E-state index is 12.0. The molecular weight excluding hydrogens is 322 g/mol. The number of nitrogens with one attached hydrogen (secondary N) is 1. The van der Waals surface area contributed by atoms with E-state index in [1.807, 2.05) is 18.2 Å². The summed E-state index contributed by atoms with van der Waals surface area (Å²) < 4.78 is 5.33. The van der Waals surface area contributed by atoms with E-state index < -0.39 is 0 Å². The number of hydrogen-bond acceptors (Lipinski definition) is 5. The zero-order valence-electron chi connectivity index (χ0n) is 14.0. The Labute approximate surface area is 147 Å². The van der Waals surface area contributed by atoms with E-state index in [1.54, 1.807) is 11.8 Å². The van der Waals surface area contributed by atoms with Crippen molar-refractivity contribution < 1.29 is 9.21 Å². The van der Waals surface area contributed by atoms with Crippen LogP contribution in [0.4, 0.5) is 0 Å². The summed E-state index contributed by atoms with van der Waals surface area (Å²) in [6, 6.07) is 10.0. The zero-order valence-corrected chi connectivity index (χ0v) is 14.8. The van der Waals surface area contributed by atoms with Gasteiger partial charge in [0.05, 0.1) is 6.04 Å². The van der Waals surface area contributed by atoms with Crippen LogP contribution in [0, 0.1) is 0 Å². The van der Waals surface area contributed by atoms with Crippen molar-refractivity contribution in [3.63, 3.8) is 0 Å². The molecule has 0 aliphatic carbocycles. The van der Waals surface area contributed by atoms with Gasteiger partial charge in [-0.3, -0.25) is 4.79 Å². The smallest absolute Gasteiger partial charge is 0.273 e. The lowest BCUT2D eigenvalue weighted by molar-refractivity contribution is 0.0951. The molecule has 5 nitrogen and oxygen atoms in total. The molecule has 1 atom stereocenters. The van der Waals surface area contributed by atoms with Crippen molar-refractivity contribution in [2.75, 3.05) is 12.3 Å². The van der Waals surface area contributed by atoms with E-state index >= 15 is 0 Å². The van der Waals surface area contributed by atoms with E-state index in [4.69, 9.17) is 10.2 Å². The fourth-order valence-corrected chi connectivity index (χ4v) is 3.02. The molecule has 130 valence electrons. The quantitative estimate of drug-likeness (QED) is 0.643. The summed E-state index contributed by atoms with van der Waals surface area (Å²) in [6.07, 6.45) is 4.29. The van der Waals surface area contributed by atoms with E-state index in [0.717, 1.165) is 30.8 Å². The first-order chi connectivity index (χ1) is 11.7. The molecule has 2 rings (SSSR count). The minimum absolute atomic E-state index is 0.215. The Balaban J connectivity index is 1.68. The predicted molar refractivity (Wildman–Crippen MR) is 97.9 cm³/mol. The zero-order chi connectivity index (χ0) is 17.2. The molecule has 0 saturated heterocycles. The van der Waals surface area contributed by atoms with Crippen molar-refractivity contribution in [3.05, 3.63) is 53.7 Å². The number of carbonyl (C=O) groups is 1. The van der Waals surface area contributed by atoms with E-state index in [9.17, 15) is 4.79 Å². The van der Waals surface area contributed by atoms with Gasteiger partial charge in [0, 0.05) is 18.1 Å². The van der Waals surface area contributed by atoms with Crippen LogP contribution in [0.25, 0.3) is 0 Å². The molecule has 1 amide bonds. The molecule has 1 aromatic heterocycles. The van der Waals surface area contributed by atoms with Crippen LogP contribution in [0.15, 0.2) is 41.0 Å². The summed E-state index contributed by atoms with van der Waals surface area (Å²) in [5.74, 6) is 2.01. The highest BCUT2D eigenvalue weighted by atomic mass is 32.2. The van der Waals surface area contributed by atoms with Gasteiger partial charge < -0.3 is 15.5 Å². The van der Waals surface area contributed by atoms with Crippen LogP contribution in [-0.2, 0) is 5.75 Å². The number of carbonyl (C=O) groups excluding carboxylic acids is 1. The Hall–Kier alpha value is -1.79. The van der Waals surface area contributed by atoms with E-state index in [-0.39, 0.29) is 11.9 Å². The highest BCUT2D eigenvalue weighted by Gasteiger charge is 2.16. The standard InChI is InChI=1S/C18H25N3O2S/c1-2-3-9-15(19)18-21-16(12-23-18)17(22)20-10-11-24-13-14-7-5-4-6-8-14/h4-8,12,15H,2-3,9-11,13,19H2,1H3,(H,20,22). The third kappa shape index (κ3) is 6.02. The lowest BCUT2D eigenvalue weighted by Gasteiger charge is -2.05. The average Bonchev–Trinajstić information content (AvgIpc) is 3.10. The van der Waals surface area contributed by atoms with Crippen molar-refractivity contribution in [2.45, 2.75) is 38.0 Å². The van der Waals surface area contributed by atoms with Gasteiger partial charge in [-0.2, -0.15) is 11.8 Å². The molecule has 0 aliphatic heterocycles. The molecular formula is C18H25N3O2S.